The lowest BCUT2D eigenvalue weighted by molar-refractivity contribution is 0.598. The topological polar surface area (TPSA) is 68.2 Å². The third-order valence-corrected chi connectivity index (χ3v) is 5.12. The number of hydrogen-bond acceptors (Lipinski definition) is 3. The van der Waals surface area contributed by atoms with Gasteiger partial charge in [-0.25, -0.2) is 12.8 Å². The summed E-state index contributed by atoms with van der Waals surface area (Å²) in [6.45, 7) is 2.20. The molecule has 1 aromatic carbocycles. The van der Waals surface area contributed by atoms with E-state index in [1.54, 1.807) is 6.92 Å². The van der Waals surface area contributed by atoms with Crippen molar-refractivity contribution in [1.29, 1.82) is 0 Å². The molecule has 0 atom stereocenters. The Labute approximate surface area is 129 Å². The Morgan fingerprint density at radius 1 is 1.29 bits per heavy atom. The molecule has 2 aromatic rings. The van der Waals surface area contributed by atoms with Crippen molar-refractivity contribution in [2.75, 3.05) is 4.72 Å². The first kappa shape index (κ1) is 15.7. The first-order valence-electron chi connectivity index (χ1n) is 6.02. The van der Waals surface area contributed by atoms with Crippen molar-refractivity contribution in [2.45, 2.75) is 18.4 Å². The molecule has 0 aliphatic rings. The number of nitrogens with zero attached hydrogens (tertiary/aromatic N) is 1. The lowest BCUT2D eigenvalue weighted by Crippen LogP contribution is -2.20. The molecule has 8 heteroatoms. The van der Waals surface area contributed by atoms with E-state index in [1.165, 1.54) is 22.9 Å². The van der Waals surface area contributed by atoms with Crippen LogP contribution in [-0.4, -0.2) is 13.0 Å². The van der Waals surface area contributed by atoms with Gasteiger partial charge in [0.25, 0.3) is 15.6 Å². The molecule has 0 aliphatic carbocycles. The van der Waals surface area contributed by atoms with Crippen LogP contribution in [0.4, 0.5) is 10.1 Å². The summed E-state index contributed by atoms with van der Waals surface area (Å²) in [5, 5.41) is 0. The third-order valence-electron chi connectivity index (χ3n) is 2.76. The minimum Gasteiger partial charge on any atom is -0.314 e. The second-order valence-electron chi connectivity index (χ2n) is 4.22. The molecule has 0 saturated carbocycles. The van der Waals surface area contributed by atoms with Gasteiger partial charge in [-0.2, -0.15) is 0 Å². The molecular formula is C13H12BrFN2O3S. The maximum Gasteiger partial charge on any atom is 0.263 e. The number of anilines is 1. The van der Waals surface area contributed by atoms with Crippen LogP contribution in [0.5, 0.6) is 0 Å². The van der Waals surface area contributed by atoms with E-state index >= 15 is 0 Å². The Balaban J connectivity index is 2.39. The zero-order valence-corrected chi connectivity index (χ0v) is 13.4. The second kappa shape index (κ2) is 5.98. The Bertz CT molecular complexity index is 834. The predicted molar refractivity (Wildman–Crippen MR) is 81.3 cm³/mol. The highest BCUT2D eigenvalue weighted by Gasteiger charge is 2.18. The van der Waals surface area contributed by atoms with Crippen LogP contribution < -0.4 is 10.3 Å². The quantitative estimate of drug-likeness (QED) is 0.893. The summed E-state index contributed by atoms with van der Waals surface area (Å²) in [5.41, 5.74) is 0.0380. The molecule has 21 heavy (non-hydrogen) atoms. The number of pyridine rings is 1. The van der Waals surface area contributed by atoms with Gasteiger partial charge in [-0.15, -0.1) is 0 Å². The molecule has 0 amide bonds. The van der Waals surface area contributed by atoms with Gasteiger partial charge in [0.2, 0.25) is 0 Å². The van der Waals surface area contributed by atoms with E-state index in [-0.39, 0.29) is 20.6 Å². The highest BCUT2D eigenvalue weighted by molar-refractivity contribution is 9.10. The number of rotatable bonds is 4. The van der Waals surface area contributed by atoms with Gasteiger partial charge in [-0.3, -0.25) is 9.52 Å². The van der Waals surface area contributed by atoms with Crippen LogP contribution in [0, 0.1) is 5.82 Å². The highest BCUT2D eigenvalue weighted by Crippen LogP contribution is 2.24. The summed E-state index contributed by atoms with van der Waals surface area (Å²) in [4.78, 5) is 11.4. The summed E-state index contributed by atoms with van der Waals surface area (Å²) in [6.07, 6.45) is 1.41. The standard InChI is InChI=1S/C13H12BrFN2O3S/c1-2-17-8-10(4-6-13(17)18)16-21(19,20)12-5-3-9(15)7-11(12)14/h3-8,16H,2H2,1H3. The average Bonchev–Trinajstić information content (AvgIpc) is 2.40. The van der Waals surface area contributed by atoms with Crippen molar-refractivity contribution in [2.24, 2.45) is 0 Å². The molecule has 5 nitrogen and oxygen atoms in total. The van der Waals surface area contributed by atoms with E-state index < -0.39 is 15.8 Å². The number of hydrogen-bond donors (Lipinski definition) is 1. The average molecular weight is 375 g/mol. The van der Waals surface area contributed by atoms with Crippen LogP contribution in [0.2, 0.25) is 0 Å². The van der Waals surface area contributed by atoms with Crippen molar-refractivity contribution >= 4 is 31.6 Å². The largest absolute Gasteiger partial charge is 0.314 e. The fourth-order valence-corrected chi connectivity index (χ4v) is 3.84. The van der Waals surface area contributed by atoms with Crippen molar-refractivity contribution in [3.8, 4) is 0 Å². The maximum atomic E-state index is 13.0. The van der Waals surface area contributed by atoms with E-state index in [0.29, 0.717) is 6.54 Å². The highest BCUT2D eigenvalue weighted by atomic mass is 79.9. The lowest BCUT2D eigenvalue weighted by Gasteiger charge is -2.11. The summed E-state index contributed by atoms with van der Waals surface area (Å²) in [5.74, 6) is -0.541. The number of nitrogens with one attached hydrogen (secondary N) is 1. The van der Waals surface area contributed by atoms with Crippen LogP contribution in [-0.2, 0) is 16.6 Å². The molecule has 0 unspecified atom stereocenters. The van der Waals surface area contributed by atoms with E-state index in [1.807, 2.05) is 0 Å². The molecule has 0 bridgehead atoms. The summed E-state index contributed by atoms with van der Waals surface area (Å²) in [7, 11) is -3.88. The molecular weight excluding hydrogens is 363 g/mol. The van der Waals surface area contributed by atoms with Gasteiger partial charge in [0.05, 0.1) is 5.69 Å². The first-order chi connectivity index (χ1) is 9.83. The normalized spacial score (nSPS) is 11.4. The van der Waals surface area contributed by atoms with Crippen LogP contribution >= 0.6 is 15.9 Å². The van der Waals surface area contributed by atoms with Gasteiger partial charge in [-0.05, 0) is 47.1 Å². The zero-order chi connectivity index (χ0) is 15.6. The number of sulfonamides is 1. The van der Waals surface area contributed by atoms with Gasteiger partial charge in [0.15, 0.2) is 0 Å². The first-order valence-corrected chi connectivity index (χ1v) is 8.29. The van der Waals surface area contributed by atoms with E-state index in [9.17, 15) is 17.6 Å². The summed E-state index contributed by atoms with van der Waals surface area (Å²) < 4.78 is 41.4. The third kappa shape index (κ3) is 3.51. The number of halogens is 2. The number of benzene rings is 1. The smallest absolute Gasteiger partial charge is 0.263 e. The van der Waals surface area contributed by atoms with Crippen LogP contribution in [0.25, 0.3) is 0 Å². The van der Waals surface area contributed by atoms with Gasteiger partial charge >= 0.3 is 0 Å². The van der Waals surface area contributed by atoms with E-state index in [2.05, 4.69) is 20.7 Å². The molecule has 0 aliphatic heterocycles. The Hall–Kier alpha value is -1.67. The van der Waals surface area contributed by atoms with Crippen LogP contribution in [0.15, 0.2) is 50.7 Å². The molecule has 2 rings (SSSR count). The van der Waals surface area contributed by atoms with Gasteiger partial charge in [0, 0.05) is 23.3 Å². The fourth-order valence-electron chi connectivity index (χ4n) is 1.74. The molecule has 1 N–H and O–H groups in total. The van der Waals surface area contributed by atoms with Crippen LogP contribution in [0.1, 0.15) is 6.92 Å². The fraction of sp³-hybridized carbons (Fsp3) is 0.154. The van der Waals surface area contributed by atoms with Crippen molar-refractivity contribution in [1.82, 2.24) is 4.57 Å². The zero-order valence-electron chi connectivity index (χ0n) is 11.0. The summed E-state index contributed by atoms with van der Waals surface area (Å²) >= 11 is 3.02. The minimum absolute atomic E-state index is 0.0850. The number of aryl methyl sites for hydroxylation is 1. The molecule has 1 aromatic heterocycles. The molecule has 1 heterocycles. The Kier molecular flexibility index (Phi) is 4.48. The number of aromatic nitrogens is 1. The van der Waals surface area contributed by atoms with Gasteiger partial charge in [0.1, 0.15) is 10.7 Å². The lowest BCUT2D eigenvalue weighted by atomic mass is 10.3. The maximum absolute atomic E-state index is 13.0. The van der Waals surface area contributed by atoms with Gasteiger partial charge < -0.3 is 4.57 Å². The molecule has 0 spiro atoms. The molecule has 0 saturated heterocycles. The van der Waals surface area contributed by atoms with Crippen molar-refractivity contribution in [3.63, 3.8) is 0 Å². The SMILES string of the molecule is CCn1cc(NS(=O)(=O)c2ccc(F)cc2Br)ccc1=O. The van der Waals surface area contributed by atoms with Gasteiger partial charge in [-0.1, -0.05) is 0 Å². The van der Waals surface area contributed by atoms with Crippen LogP contribution in [0.3, 0.4) is 0 Å². The second-order valence-corrected chi connectivity index (χ2v) is 6.73. The van der Waals surface area contributed by atoms with Crippen molar-refractivity contribution in [3.05, 3.63) is 57.2 Å². The molecule has 112 valence electrons. The molecule has 0 radical (unpaired) electrons. The Morgan fingerprint density at radius 2 is 2.00 bits per heavy atom. The summed E-state index contributed by atoms with van der Waals surface area (Å²) in [6, 6.07) is 5.95. The Morgan fingerprint density at radius 3 is 2.62 bits per heavy atom. The minimum atomic E-state index is -3.88. The molecule has 0 fully saturated rings. The monoisotopic (exact) mass is 374 g/mol. The van der Waals surface area contributed by atoms with E-state index in [4.69, 9.17) is 0 Å². The van der Waals surface area contributed by atoms with Crippen molar-refractivity contribution < 1.29 is 12.8 Å². The van der Waals surface area contributed by atoms with E-state index in [0.717, 1.165) is 18.2 Å². The predicted octanol–water partition coefficient (Wildman–Crippen LogP) is 2.57.